The van der Waals surface area contributed by atoms with Gasteiger partial charge in [-0.05, 0) is 36.7 Å². The fourth-order valence-electron chi connectivity index (χ4n) is 0. The molecule has 9 heavy (non-hydrogen) atoms. The SMILES string of the molecule is OC=S.OC=S.OC=S. The first-order valence-electron chi connectivity index (χ1n) is 1.48. The van der Waals surface area contributed by atoms with Crippen molar-refractivity contribution in [3.05, 3.63) is 0 Å². The van der Waals surface area contributed by atoms with E-state index in [0.29, 0.717) is 16.7 Å². The van der Waals surface area contributed by atoms with Crippen LogP contribution in [0.5, 0.6) is 0 Å². The van der Waals surface area contributed by atoms with Gasteiger partial charge in [0.05, 0.1) is 0 Å². The van der Waals surface area contributed by atoms with Crippen LogP contribution in [-0.4, -0.2) is 32.0 Å². The van der Waals surface area contributed by atoms with Gasteiger partial charge >= 0.3 is 0 Å². The largest absolute Gasteiger partial charge is 0.504 e. The molecule has 6 heteroatoms. The second-order valence-electron chi connectivity index (χ2n) is 0.316. The quantitative estimate of drug-likeness (QED) is 0.498. The zero-order chi connectivity index (χ0) is 8.12. The summed E-state index contributed by atoms with van der Waals surface area (Å²) in [7, 11) is 0. The van der Waals surface area contributed by atoms with Crippen molar-refractivity contribution >= 4 is 53.3 Å². The standard InChI is InChI=1S/3CH2OS/c3*2-1-3/h3*1H,(H,2,3). The van der Waals surface area contributed by atoms with Crippen molar-refractivity contribution < 1.29 is 15.3 Å². The summed E-state index contributed by atoms with van der Waals surface area (Å²) >= 11 is 11.5. The predicted molar refractivity (Wildman–Crippen MR) is 48.9 cm³/mol. The first kappa shape index (κ1) is 15.9. The van der Waals surface area contributed by atoms with Gasteiger partial charge in [0, 0.05) is 0 Å². The van der Waals surface area contributed by atoms with E-state index in [4.69, 9.17) is 15.3 Å². The molecule has 0 saturated carbocycles. The highest BCUT2D eigenvalue weighted by molar-refractivity contribution is 7.78. The molecule has 0 saturated heterocycles. The topological polar surface area (TPSA) is 60.7 Å². The first-order valence-corrected chi connectivity index (χ1v) is 2.90. The molecule has 3 N–H and O–H groups in total. The summed E-state index contributed by atoms with van der Waals surface area (Å²) in [6, 6.07) is 0. The summed E-state index contributed by atoms with van der Waals surface area (Å²) in [6.07, 6.45) is 0. The van der Waals surface area contributed by atoms with Gasteiger partial charge in [-0.2, -0.15) is 0 Å². The van der Waals surface area contributed by atoms with Crippen LogP contribution in [0.25, 0.3) is 0 Å². The van der Waals surface area contributed by atoms with Gasteiger partial charge in [0.15, 0.2) is 0 Å². The summed E-state index contributed by atoms with van der Waals surface area (Å²) in [5.74, 6) is 0. The van der Waals surface area contributed by atoms with Gasteiger partial charge in [-0.25, -0.2) is 0 Å². The van der Waals surface area contributed by atoms with Crippen molar-refractivity contribution in [2.45, 2.75) is 0 Å². The van der Waals surface area contributed by atoms with E-state index >= 15 is 0 Å². The van der Waals surface area contributed by atoms with Crippen LogP contribution in [0.15, 0.2) is 0 Å². The normalized spacial score (nSPS) is 4.00. The van der Waals surface area contributed by atoms with Crippen molar-refractivity contribution in [2.24, 2.45) is 0 Å². The molecular weight excluding hydrogens is 180 g/mol. The smallest absolute Gasteiger partial charge is 0.142 e. The number of aliphatic hydroxyl groups excluding tert-OH is 3. The maximum atomic E-state index is 7.26. The van der Waals surface area contributed by atoms with Gasteiger partial charge in [-0.15, -0.1) is 0 Å². The Morgan fingerprint density at radius 2 is 0.667 bits per heavy atom. The minimum absolute atomic E-state index is 0.583. The molecule has 0 atom stereocenters. The van der Waals surface area contributed by atoms with E-state index in [1.165, 1.54) is 0 Å². The molecule has 0 aliphatic rings. The Bertz CT molecular complexity index is 51.1. The fraction of sp³-hybridized carbons (Fsp3) is 0. The molecule has 3 nitrogen and oxygen atoms in total. The third kappa shape index (κ3) is 2260. The molecule has 54 valence electrons. The number of rotatable bonds is 0. The fourth-order valence-corrected chi connectivity index (χ4v) is 0. The molecule has 0 heterocycles. The predicted octanol–water partition coefficient (Wildman–Crippen LogP) is 1.50. The minimum atomic E-state index is 0.583. The van der Waals surface area contributed by atoms with Crippen molar-refractivity contribution in [2.75, 3.05) is 0 Å². The van der Waals surface area contributed by atoms with Crippen LogP contribution in [0.1, 0.15) is 0 Å². The molecule has 0 rings (SSSR count). The highest BCUT2D eigenvalue weighted by atomic mass is 32.1. The van der Waals surface area contributed by atoms with Gasteiger partial charge in [0.2, 0.25) is 0 Å². The molecule has 0 aliphatic heterocycles. The Balaban J connectivity index is -0.0000000600. The molecule has 0 bridgehead atoms. The summed E-state index contributed by atoms with van der Waals surface area (Å²) in [5, 5.41) is 21.8. The third-order valence-corrected chi connectivity index (χ3v) is 0. The van der Waals surface area contributed by atoms with Gasteiger partial charge in [0.25, 0.3) is 0 Å². The van der Waals surface area contributed by atoms with Gasteiger partial charge in [0.1, 0.15) is 16.7 Å². The first-order chi connectivity index (χ1) is 4.24. The number of aliphatic hydroxyl groups is 3. The van der Waals surface area contributed by atoms with Crippen LogP contribution in [0.4, 0.5) is 0 Å². The van der Waals surface area contributed by atoms with Crippen LogP contribution >= 0.6 is 36.7 Å². The van der Waals surface area contributed by atoms with Crippen molar-refractivity contribution in [1.82, 2.24) is 0 Å². The highest BCUT2D eigenvalue weighted by Gasteiger charge is 1.16. The maximum absolute atomic E-state index is 7.26. The average Bonchev–Trinajstić information content (AvgIpc) is 1.70. The van der Waals surface area contributed by atoms with E-state index in [0.717, 1.165) is 0 Å². The summed E-state index contributed by atoms with van der Waals surface area (Å²) in [6.45, 7) is 0. The van der Waals surface area contributed by atoms with Crippen LogP contribution < -0.4 is 0 Å². The van der Waals surface area contributed by atoms with Crippen LogP contribution in [0.2, 0.25) is 0 Å². The second-order valence-corrected chi connectivity index (χ2v) is 0.949. The van der Waals surface area contributed by atoms with E-state index in [1.54, 1.807) is 0 Å². The number of thiocarbonyl (C=S) groups is 3. The molecule has 0 aromatic carbocycles. The number of hydrogen-bond donors (Lipinski definition) is 3. The number of hydrogen-bond acceptors (Lipinski definition) is 3. The van der Waals surface area contributed by atoms with E-state index in [9.17, 15) is 0 Å². The van der Waals surface area contributed by atoms with Crippen LogP contribution in [0.3, 0.4) is 0 Å². The Morgan fingerprint density at radius 1 is 0.667 bits per heavy atom. The van der Waals surface area contributed by atoms with E-state index < -0.39 is 0 Å². The molecule has 0 fully saturated rings. The average molecular weight is 186 g/mol. The Morgan fingerprint density at radius 3 is 0.667 bits per heavy atom. The van der Waals surface area contributed by atoms with Crippen molar-refractivity contribution in [3.8, 4) is 0 Å². The molecule has 0 radical (unpaired) electrons. The van der Waals surface area contributed by atoms with Gasteiger partial charge in [-0.3, -0.25) is 0 Å². The molecular formula is C3H6O3S3. The Hall–Kier alpha value is -0.330. The van der Waals surface area contributed by atoms with Crippen LogP contribution in [-0.2, 0) is 0 Å². The highest BCUT2D eigenvalue weighted by Crippen LogP contribution is 1.24. The lowest BCUT2D eigenvalue weighted by atomic mass is 11.8. The molecule has 0 aromatic heterocycles. The van der Waals surface area contributed by atoms with Crippen molar-refractivity contribution in [1.29, 1.82) is 0 Å². The minimum Gasteiger partial charge on any atom is -0.504 e. The monoisotopic (exact) mass is 186 g/mol. The van der Waals surface area contributed by atoms with E-state index in [1.807, 2.05) is 0 Å². The molecule has 0 unspecified atom stereocenters. The van der Waals surface area contributed by atoms with Crippen molar-refractivity contribution in [3.63, 3.8) is 0 Å². The van der Waals surface area contributed by atoms with Gasteiger partial charge < -0.3 is 15.3 Å². The van der Waals surface area contributed by atoms with E-state index in [2.05, 4.69) is 36.7 Å². The molecule has 0 aliphatic carbocycles. The zero-order valence-corrected chi connectivity index (χ0v) is 6.75. The van der Waals surface area contributed by atoms with Crippen LogP contribution in [0, 0.1) is 0 Å². The van der Waals surface area contributed by atoms with Gasteiger partial charge in [-0.1, -0.05) is 0 Å². The lowest BCUT2D eigenvalue weighted by Gasteiger charge is -1.38. The molecule has 0 spiro atoms. The van der Waals surface area contributed by atoms with E-state index in [-0.39, 0.29) is 0 Å². The zero-order valence-electron chi connectivity index (χ0n) is 4.30. The lowest BCUT2D eigenvalue weighted by Crippen LogP contribution is -1.41. The summed E-state index contributed by atoms with van der Waals surface area (Å²) in [5.41, 5.74) is 1.75. The molecule has 0 aromatic rings. The third-order valence-electron chi connectivity index (χ3n) is 0. The molecule has 0 amide bonds. The summed E-state index contributed by atoms with van der Waals surface area (Å²) < 4.78 is 0. The summed E-state index contributed by atoms with van der Waals surface area (Å²) in [4.78, 5) is 0. The Kier molecular flexibility index (Phi) is 84.4. The second kappa shape index (κ2) is 47.9. The lowest BCUT2D eigenvalue weighted by molar-refractivity contribution is 0.593. The Labute approximate surface area is 68.9 Å². The maximum Gasteiger partial charge on any atom is 0.142 e.